The molecule has 2 heterocycles. The highest BCUT2D eigenvalue weighted by Crippen LogP contribution is 2.40. The monoisotopic (exact) mass is 458 g/mol. The Hall–Kier alpha value is -2.68. The molecule has 0 radical (unpaired) electrons. The van der Waals surface area contributed by atoms with Crippen molar-refractivity contribution >= 4 is 60.7 Å². The fourth-order valence-electron chi connectivity index (χ4n) is 2.91. The molecule has 6 nitrogen and oxygen atoms in total. The lowest BCUT2D eigenvalue weighted by Crippen LogP contribution is -2.11. The number of nitrogens with one attached hydrogen (secondary N) is 1. The van der Waals surface area contributed by atoms with E-state index < -0.39 is 0 Å². The van der Waals surface area contributed by atoms with E-state index in [1.807, 2.05) is 48.6 Å². The van der Waals surface area contributed by atoms with E-state index in [9.17, 15) is 4.79 Å². The summed E-state index contributed by atoms with van der Waals surface area (Å²) in [6, 6.07) is 11.0. The number of ether oxygens (including phenoxy) is 1. The molecule has 0 saturated carbocycles. The normalized spacial score (nSPS) is 10.9. The van der Waals surface area contributed by atoms with Gasteiger partial charge < -0.3 is 9.64 Å². The number of alkyl halides is 1. The summed E-state index contributed by atoms with van der Waals surface area (Å²) in [4.78, 5) is 23.9. The summed E-state index contributed by atoms with van der Waals surface area (Å²) in [5, 5.41) is 6.34. The minimum Gasteiger partial charge on any atom is -0.494 e. The number of rotatable bonds is 6. The standard InChI is InChI=1S/C21H19ClN4O2S2/c1-26(2)21-23-15(11-29-21)14-8-9-16(28-3)17-18(14)30-20(24-17)25-19(27)13-6-4-12(10-22)5-7-13/h4-9,11H,10H2,1-3H3,(H,24,25,27). The molecule has 2 aromatic heterocycles. The Balaban J connectivity index is 1.70. The van der Waals surface area contributed by atoms with E-state index in [4.69, 9.17) is 21.3 Å². The SMILES string of the molecule is COc1ccc(-c2csc(N(C)C)n2)c2sc(NC(=O)c3ccc(CCl)cc3)nc12. The van der Waals surface area contributed by atoms with Gasteiger partial charge in [-0.05, 0) is 29.8 Å². The molecule has 0 aliphatic rings. The molecule has 9 heteroatoms. The zero-order valence-electron chi connectivity index (χ0n) is 16.6. The number of aromatic nitrogens is 2. The molecule has 0 fully saturated rings. The number of thiazole rings is 2. The molecular formula is C21H19ClN4O2S2. The van der Waals surface area contributed by atoms with E-state index in [0.29, 0.717) is 27.8 Å². The molecule has 0 aliphatic heterocycles. The van der Waals surface area contributed by atoms with Gasteiger partial charge in [0.15, 0.2) is 10.3 Å². The van der Waals surface area contributed by atoms with Crippen molar-refractivity contribution in [1.82, 2.24) is 9.97 Å². The molecule has 4 rings (SSSR count). The van der Waals surface area contributed by atoms with Gasteiger partial charge in [0.05, 0.1) is 17.5 Å². The number of hydrogen-bond donors (Lipinski definition) is 1. The molecule has 0 spiro atoms. The number of carbonyl (C=O) groups excluding carboxylic acids is 1. The Kier molecular flexibility index (Phi) is 5.90. The van der Waals surface area contributed by atoms with Crippen molar-refractivity contribution in [3.05, 3.63) is 52.9 Å². The fraction of sp³-hybridized carbons (Fsp3) is 0.190. The topological polar surface area (TPSA) is 67.3 Å². The van der Waals surface area contributed by atoms with E-state index in [-0.39, 0.29) is 5.91 Å². The second-order valence-corrected chi connectivity index (χ2v) is 8.81. The predicted octanol–water partition coefficient (Wildman–Crippen LogP) is 5.49. The van der Waals surface area contributed by atoms with E-state index >= 15 is 0 Å². The summed E-state index contributed by atoms with van der Waals surface area (Å²) in [6.07, 6.45) is 0. The van der Waals surface area contributed by atoms with Crippen LogP contribution in [-0.4, -0.2) is 37.1 Å². The third kappa shape index (κ3) is 3.98. The van der Waals surface area contributed by atoms with Gasteiger partial charge in [-0.25, -0.2) is 9.97 Å². The van der Waals surface area contributed by atoms with Crippen molar-refractivity contribution in [2.24, 2.45) is 0 Å². The lowest BCUT2D eigenvalue weighted by Gasteiger charge is -2.06. The summed E-state index contributed by atoms with van der Waals surface area (Å²) in [5.41, 5.74) is 4.04. The zero-order valence-corrected chi connectivity index (χ0v) is 19.0. The molecule has 2 aromatic carbocycles. The highest BCUT2D eigenvalue weighted by molar-refractivity contribution is 7.23. The number of carbonyl (C=O) groups is 1. The van der Waals surface area contributed by atoms with Crippen molar-refractivity contribution in [3.63, 3.8) is 0 Å². The summed E-state index contributed by atoms with van der Waals surface area (Å²) < 4.78 is 6.40. The van der Waals surface area contributed by atoms with Crippen LogP contribution in [0.2, 0.25) is 0 Å². The highest BCUT2D eigenvalue weighted by atomic mass is 35.5. The molecule has 30 heavy (non-hydrogen) atoms. The third-order valence-electron chi connectivity index (χ3n) is 4.47. The lowest BCUT2D eigenvalue weighted by molar-refractivity contribution is 0.102. The quantitative estimate of drug-likeness (QED) is 0.387. The van der Waals surface area contributed by atoms with Gasteiger partial charge in [-0.2, -0.15) is 0 Å². The van der Waals surface area contributed by atoms with Gasteiger partial charge in [0, 0.05) is 36.5 Å². The molecule has 0 atom stereocenters. The highest BCUT2D eigenvalue weighted by Gasteiger charge is 2.18. The van der Waals surface area contributed by atoms with Crippen molar-refractivity contribution in [2.45, 2.75) is 5.88 Å². The fourth-order valence-corrected chi connectivity index (χ4v) is 4.85. The van der Waals surface area contributed by atoms with Crippen LogP contribution < -0.4 is 15.0 Å². The molecule has 0 aliphatic carbocycles. The van der Waals surface area contributed by atoms with Crippen LogP contribution in [0.25, 0.3) is 21.5 Å². The van der Waals surface area contributed by atoms with Gasteiger partial charge in [-0.1, -0.05) is 23.5 Å². The van der Waals surface area contributed by atoms with Crippen LogP contribution >= 0.6 is 34.3 Å². The first-order valence-electron chi connectivity index (χ1n) is 9.07. The van der Waals surface area contributed by atoms with Crippen LogP contribution in [0.1, 0.15) is 15.9 Å². The van der Waals surface area contributed by atoms with Crippen LogP contribution in [0.4, 0.5) is 10.3 Å². The van der Waals surface area contributed by atoms with Gasteiger partial charge in [0.1, 0.15) is 11.3 Å². The molecule has 1 amide bonds. The first-order chi connectivity index (χ1) is 14.5. The van der Waals surface area contributed by atoms with E-state index in [1.165, 1.54) is 11.3 Å². The molecule has 154 valence electrons. The Morgan fingerprint density at radius 3 is 2.57 bits per heavy atom. The second-order valence-electron chi connectivity index (χ2n) is 6.71. The maximum Gasteiger partial charge on any atom is 0.257 e. The molecule has 0 unspecified atom stereocenters. The summed E-state index contributed by atoms with van der Waals surface area (Å²) in [5.74, 6) is 0.841. The summed E-state index contributed by atoms with van der Waals surface area (Å²) in [6.45, 7) is 0. The predicted molar refractivity (Wildman–Crippen MR) is 126 cm³/mol. The van der Waals surface area contributed by atoms with Crippen molar-refractivity contribution < 1.29 is 9.53 Å². The van der Waals surface area contributed by atoms with Crippen LogP contribution in [0.15, 0.2) is 41.8 Å². The second kappa shape index (κ2) is 8.59. The summed E-state index contributed by atoms with van der Waals surface area (Å²) >= 11 is 8.80. The van der Waals surface area contributed by atoms with Crippen LogP contribution in [0.5, 0.6) is 5.75 Å². The van der Waals surface area contributed by atoms with E-state index in [0.717, 1.165) is 26.7 Å². The number of nitrogens with zero attached hydrogens (tertiary/aromatic N) is 3. The van der Waals surface area contributed by atoms with E-state index in [1.54, 1.807) is 30.6 Å². The van der Waals surface area contributed by atoms with Crippen molar-refractivity contribution in [1.29, 1.82) is 0 Å². The maximum atomic E-state index is 12.7. The van der Waals surface area contributed by atoms with Gasteiger partial charge >= 0.3 is 0 Å². The Morgan fingerprint density at radius 2 is 1.93 bits per heavy atom. The zero-order chi connectivity index (χ0) is 21.3. The van der Waals surface area contributed by atoms with Crippen LogP contribution in [0.3, 0.4) is 0 Å². The number of halogens is 1. The Labute approximate surface area is 187 Å². The number of fused-ring (bicyclic) bond motifs is 1. The smallest absolute Gasteiger partial charge is 0.257 e. The van der Waals surface area contributed by atoms with Crippen LogP contribution in [0, 0.1) is 0 Å². The molecule has 0 saturated heterocycles. The molecular weight excluding hydrogens is 440 g/mol. The molecule has 4 aromatic rings. The minimum atomic E-state index is -0.223. The Morgan fingerprint density at radius 1 is 1.17 bits per heavy atom. The van der Waals surface area contributed by atoms with E-state index in [2.05, 4.69) is 10.3 Å². The lowest BCUT2D eigenvalue weighted by atomic mass is 10.1. The van der Waals surface area contributed by atoms with Gasteiger partial charge in [-0.15, -0.1) is 22.9 Å². The largest absolute Gasteiger partial charge is 0.494 e. The number of methoxy groups -OCH3 is 1. The average molecular weight is 459 g/mol. The Bertz CT molecular complexity index is 1200. The molecule has 1 N–H and O–H groups in total. The number of benzene rings is 2. The summed E-state index contributed by atoms with van der Waals surface area (Å²) in [7, 11) is 5.54. The first-order valence-corrected chi connectivity index (χ1v) is 11.3. The van der Waals surface area contributed by atoms with Crippen molar-refractivity contribution in [3.8, 4) is 17.0 Å². The number of amides is 1. The minimum absolute atomic E-state index is 0.223. The number of anilines is 2. The average Bonchev–Trinajstić information content (AvgIpc) is 3.40. The maximum absolute atomic E-state index is 12.7. The number of hydrogen-bond acceptors (Lipinski definition) is 7. The molecule has 0 bridgehead atoms. The van der Waals surface area contributed by atoms with Gasteiger partial charge in [0.2, 0.25) is 0 Å². The van der Waals surface area contributed by atoms with Gasteiger partial charge in [0.25, 0.3) is 5.91 Å². The first kappa shape index (κ1) is 20.6. The van der Waals surface area contributed by atoms with Crippen molar-refractivity contribution in [2.75, 3.05) is 31.4 Å². The van der Waals surface area contributed by atoms with Gasteiger partial charge in [-0.3, -0.25) is 10.1 Å². The third-order valence-corrected chi connectivity index (χ3v) is 6.79. The van der Waals surface area contributed by atoms with Crippen LogP contribution in [-0.2, 0) is 5.88 Å².